The molecule has 3 N–H and O–H groups in total. The molecule has 26 heavy (non-hydrogen) atoms. The molecule has 0 aliphatic carbocycles. The summed E-state index contributed by atoms with van der Waals surface area (Å²) in [4.78, 5) is 14.2. The zero-order chi connectivity index (χ0) is 18.4. The van der Waals surface area contributed by atoms with Crippen LogP contribution in [0.1, 0.15) is 18.4 Å². The summed E-state index contributed by atoms with van der Waals surface area (Å²) in [6.07, 6.45) is 2.03. The fourth-order valence-electron chi connectivity index (χ4n) is 3.09. The first-order valence-corrected chi connectivity index (χ1v) is 8.89. The van der Waals surface area contributed by atoms with Crippen LogP contribution in [0.2, 0.25) is 0 Å². The first-order chi connectivity index (χ1) is 12.6. The van der Waals surface area contributed by atoms with Crippen LogP contribution in [0.3, 0.4) is 0 Å². The number of rotatable bonds is 5. The van der Waals surface area contributed by atoms with Crippen LogP contribution in [0.5, 0.6) is 0 Å². The van der Waals surface area contributed by atoms with Gasteiger partial charge in [-0.3, -0.25) is 0 Å². The second kappa shape index (κ2) is 8.67. The molecule has 138 valence electrons. The predicted octanol–water partition coefficient (Wildman–Crippen LogP) is 3.36. The van der Waals surface area contributed by atoms with Crippen molar-refractivity contribution in [2.24, 2.45) is 5.92 Å². The second-order valence-corrected chi connectivity index (χ2v) is 6.59. The van der Waals surface area contributed by atoms with Gasteiger partial charge in [0.1, 0.15) is 5.82 Å². The van der Waals surface area contributed by atoms with Gasteiger partial charge in [-0.15, -0.1) is 0 Å². The van der Waals surface area contributed by atoms with E-state index in [4.69, 9.17) is 0 Å². The summed E-state index contributed by atoms with van der Waals surface area (Å²) in [5.74, 6) is 0.0889. The monoisotopic (exact) mass is 357 g/mol. The Labute approximate surface area is 152 Å². The third-order valence-electron chi connectivity index (χ3n) is 4.73. The molecule has 2 aromatic carbocycles. The van der Waals surface area contributed by atoms with E-state index in [1.807, 2.05) is 12.1 Å². The zero-order valence-electron chi connectivity index (χ0n) is 14.6. The van der Waals surface area contributed by atoms with Gasteiger partial charge in [-0.05, 0) is 60.7 Å². The second-order valence-electron chi connectivity index (χ2n) is 6.59. The molecule has 0 bridgehead atoms. The van der Waals surface area contributed by atoms with Crippen molar-refractivity contribution in [1.82, 2.24) is 5.32 Å². The molecule has 5 nitrogen and oxygen atoms in total. The van der Waals surface area contributed by atoms with E-state index < -0.39 is 0 Å². The van der Waals surface area contributed by atoms with Gasteiger partial charge in [0.2, 0.25) is 0 Å². The maximum absolute atomic E-state index is 12.9. The highest BCUT2D eigenvalue weighted by atomic mass is 19.1. The maximum Gasteiger partial charge on any atom is 0.319 e. The Morgan fingerprint density at radius 2 is 1.73 bits per heavy atom. The van der Waals surface area contributed by atoms with Gasteiger partial charge in [0.15, 0.2) is 0 Å². The highest BCUT2D eigenvalue weighted by Crippen LogP contribution is 2.23. The summed E-state index contributed by atoms with van der Waals surface area (Å²) in [7, 11) is 0. The molecule has 0 radical (unpaired) electrons. The van der Waals surface area contributed by atoms with Gasteiger partial charge in [-0.25, -0.2) is 9.18 Å². The Hall–Kier alpha value is -2.60. The fraction of sp³-hybridized carbons (Fsp3) is 0.350. The van der Waals surface area contributed by atoms with Gasteiger partial charge in [-0.1, -0.05) is 12.1 Å². The number of aliphatic hydroxyl groups is 1. The molecule has 1 heterocycles. The lowest BCUT2D eigenvalue weighted by molar-refractivity contribution is 0.203. The number of carbonyl (C=O) groups is 1. The molecule has 1 aliphatic heterocycles. The van der Waals surface area contributed by atoms with Crippen LogP contribution in [0.4, 0.5) is 20.6 Å². The van der Waals surface area contributed by atoms with Crippen LogP contribution in [0, 0.1) is 11.7 Å². The molecule has 0 unspecified atom stereocenters. The average Bonchev–Trinajstić information content (AvgIpc) is 2.69. The smallest absolute Gasteiger partial charge is 0.319 e. The Morgan fingerprint density at radius 3 is 2.35 bits per heavy atom. The quantitative estimate of drug-likeness (QED) is 0.769. The molecule has 0 saturated carbocycles. The molecule has 0 atom stereocenters. The lowest BCUT2D eigenvalue weighted by Gasteiger charge is -2.33. The SMILES string of the molecule is O=C(NCc1ccc(N2CCC(CO)CC2)cc1)Nc1ccc(F)cc1. The van der Waals surface area contributed by atoms with Crippen molar-refractivity contribution in [2.45, 2.75) is 19.4 Å². The molecule has 2 amide bonds. The lowest BCUT2D eigenvalue weighted by Crippen LogP contribution is -2.34. The topological polar surface area (TPSA) is 64.6 Å². The fourth-order valence-corrected chi connectivity index (χ4v) is 3.09. The average molecular weight is 357 g/mol. The number of nitrogens with one attached hydrogen (secondary N) is 2. The third-order valence-corrected chi connectivity index (χ3v) is 4.73. The minimum atomic E-state index is -0.336. The van der Waals surface area contributed by atoms with E-state index >= 15 is 0 Å². The molecule has 1 saturated heterocycles. The van der Waals surface area contributed by atoms with E-state index in [0.717, 1.165) is 31.5 Å². The molecular formula is C20H24FN3O2. The Bertz CT molecular complexity index is 711. The number of nitrogens with zero attached hydrogens (tertiary/aromatic N) is 1. The normalized spacial score (nSPS) is 14.9. The van der Waals surface area contributed by atoms with Gasteiger partial charge < -0.3 is 20.6 Å². The van der Waals surface area contributed by atoms with E-state index in [-0.39, 0.29) is 18.5 Å². The number of urea groups is 1. The predicted molar refractivity (Wildman–Crippen MR) is 101 cm³/mol. The van der Waals surface area contributed by atoms with Gasteiger partial charge in [0, 0.05) is 37.6 Å². The van der Waals surface area contributed by atoms with E-state index in [9.17, 15) is 14.3 Å². The maximum atomic E-state index is 12.9. The van der Waals surface area contributed by atoms with Gasteiger partial charge >= 0.3 is 6.03 Å². The zero-order valence-corrected chi connectivity index (χ0v) is 14.6. The summed E-state index contributed by atoms with van der Waals surface area (Å²) in [5.41, 5.74) is 2.72. The van der Waals surface area contributed by atoms with Gasteiger partial charge in [0.25, 0.3) is 0 Å². The summed E-state index contributed by atoms with van der Waals surface area (Å²) in [6.45, 7) is 2.62. The largest absolute Gasteiger partial charge is 0.396 e. The van der Waals surface area contributed by atoms with E-state index in [1.54, 1.807) is 0 Å². The van der Waals surface area contributed by atoms with Crippen LogP contribution in [-0.4, -0.2) is 30.8 Å². The number of aliphatic hydroxyl groups excluding tert-OH is 1. The number of benzene rings is 2. The van der Waals surface area contributed by atoms with Crippen molar-refractivity contribution in [1.29, 1.82) is 0 Å². The lowest BCUT2D eigenvalue weighted by atomic mass is 9.97. The summed E-state index contributed by atoms with van der Waals surface area (Å²) in [6, 6.07) is 13.5. The number of hydrogen-bond donors (Lipinski definition) is 3. The molecule has 3 rings (SSSR count). The molecule has 0 spiro atoms. The molecule has 1 fully saturated rings. The van der Waals surface area contributed by atoms with Crippen molar-refractivity contribution in [3.05, 3.63) is 59.9 Å². The van der Waals surface area contributed by atoms with Crippen molar-refractivity contribution >= 4 is 17.4 Å². The first-order valence-electron chi connectivity index (χ1n) is 8.89. The Kier molecular flexibility index (Phi) is 6.07. The van der Waals surface area contributed by atoms with Crippen LogP contribution in [0.25, 0.3) is 0 Å². The Morgan fingerprint density at radius 1 is 1.08 bits per heavy atom. The van der Waals surface area contributed by atoms with E-state index in [2.05, 4.69) is 27.7 Å². The van der Waals surface area contributed by atoms with Crippen molar-refractivity contribution < 1.29 is 14.3 Å². The third kappa shape index (κ3) is 4.95. The number of halogens is 1. The summed E-state index contributed by atoms with van der Waals surface area (Å²) in [5, 5.41) is 14.7. The summed E-state index contributed by atoms with van der Waals surface area (Å²) < 4.78 is 12.9. The van der Waals surface area contributed by atoms with Crippen molar-refractivity contribution in [3.8, 4) is 0 Å². The number of anilines is 2. The minimum absolute atomic E-state index is 0.276. The summed E-state index contributed by atoms with van der Waals surface area (Å²) >= 11 is 0. The van der Waals surface area contributed by atoms with E-state index in [1.165, 1.54) is 30.0 Å². The van der Waals surface area contributed by atoms with E-state index in [0.29, 0.717) is 18.2 Å². The molecule has 1 aliphatic rings. The first kappa shape index (κ1) is 18.2. The van der Waals surface area contributed by atoms with Crippen LogP contribution in [-0.2, 0) is 6.54 Å². The number of carbonyl (C=O) groups excluding carboxylic acids is 1. The minimum Gasteiger partial charge on any atom is -0.396 e. The van der Waals surface area contributed by atoms with Gasteiger partial charge in [-0.2, -0.15) is 0 Å². The molecule has 6 heteroatoms. The molecular weight excluding hydrogens is 333 g/mol. The highest BCUT2D eigenvalue weighted by Gasteiger charge is 2.18. The number of hydrogen-bond acceptors (Lipinski definition) is 3. The van der Waals surface area contributed by atoms with Crippen LogP contribution in [0.15, 0.2) is 48.5 Å². The highest BCUT2D eigenvalue weighted by molar-refractivity contribution is 5.89. The standard InChI is InChI=1S/C20H24FN3O2/c21-17-3-5-18(6-4-17)23-20(26)22-13-15-1-7-19(8-2-15)24-11-9-16(14-25)10-12-24/h1-8,16,25H,9-14H2,(H2,22,23,26). The Balaban J connectivity index is 1.47. The van der Waals surface area contributed by atoms with Crippen molar-refractivity contribution in [2.75, 3.05) is 29.9 Å². The molecule has 0 aromatic heterocycles. The van der Waals surface area contributed by atoms with Crippen LogP contribution < -0.4 is 15.5 Å². The molecule has 2 aromatic rings. The van der Waals surface area contributed by atoms with Gasteiger partial charge in [0.05, 0.1) is 0 Å². The van der Waals surface area contributed by atoms with Crippen molar-refractivity contribution in [3.63, 3.8) is 0 Å². The van der Waals surface area contributed by atoms with Crippen LogP contribution >= 0.6 is 0 Å². The number of piperidine rings is 1. The number of amides is 2.